The maximum atomic E-state index is 12.7. The molecule has 0 aliphatic heterocycles. The predicted molar refractivity (Wildman–Crippen MR) is 130 cm³/mol. The van der Waals surface area contributed by atoms with E-state index in [0.717, 1.165) is 33.3 Å². The molecule has 3 aromatic heterocycles. The van der Waals surface area contributed by atoms with Gasteiger partial charge in [-0.2, -0.15) is 0 Å². The second-order valence-corrected chi connectivity index (χ2v) is 9.14. The number of anilines is 1. The number of hydrogen-bond donors (Lipinski definition) is 2. The molecule has 32 heavy (non-hydrogen) atoms. The zero-order valence-electron chi connectivity index (χ0n) is 18.6. The third-order valence-electron chi connectivity index (χ3n) is 5.26. The first kappa shape index (κ1) is 21.6. The molecule has 1 aromatic carbocycles. The van der Waals surface area contributed by atoms with E-state index in [1.807, 2.05) is 35.9 Å². The number of carbonyl (C=O) groups excluding carboxylic acids is 1. The Morgan fingerprint density at radius 2 is 1.97 bits per heavy atom. The van der Waals surface area contributed by atoms with E-state index < -0.39 is 0 Å². The molecule has 1 amide bonds. The Balaban J connectivity index is 1.63. The summed E-state index contributed by atoms with van der Waals surface area (Å²) in [6, 6.07) is 7.87. The molecule has 0 spiro atoms. The fraction of sp³-hybridized carbons (Fsp3) is 0.240. The van der Waals surface area contributed by atoms with Gasteiger partial charge in [0.1, 0.15) is 17.8 Å². The van der Waals surface area contributed by atoms with Crippen molar-refractivity contribution >= 4 is 34.1 Å². The van der Waals surface area contributed by atoms with Crippen LogP contribution in [0, 0.1) is 25.7 Å². The Bertz CT molecular complexity index is 1370. The second kappa shape index (κ2) is 8.85. The molecule has 3 N–H and O–H groups in total. The minimum Gasteiger partial charge on any atom is -0.383 e. The number of aryl methyl sites for hydroxylation is 2. The number of thiophene rings is 1. The summed E-state index contributed by atoms with van der Waals surface area (Å²) < 4.78 is 2.04. The van der Waals surface area contributed by atoms with Crippen LogP contribution >= 0.6 is 11.3 Å². The van der Waals surface area contributed by atoms with Gasteiger partial charge in [0.2, 0.25) is 0 Å². The Labute approximate surface area is 191 Å². The number of aromatic nitrogens is 3. The number of fused-ring (bicyclic) bond motifs is 1. The van der Waals surface area contributed by atoms with Crippen molar-refractivity contribution in [1.29, 1.82) is 0 Å². The van der Waals surface area contributed by atoms with Crippen molar-refractivity contribution in [1.82, 2.24) is 19.9 Å². The van der Waals surface area contributed by atoms with E-state index in [9.17, 15) is 4.79 Å². The van der Waals surface area contributed by atoms with Crippen LogP contribution in [0.4, 0.5) is 5.82 Å². The first-order chi connectivity index (χ1) is 15.3. The number of rotatable bonds is 4. The quantitative estimate of drug-likeness (QED) is 0.451. The topological polar surface area (TPSA) is 85.8 Å². The van der Waals surface area contributed by atoms with Gasteiger partial charge in [-0.1, -0.05) is 17.9 Å². The van der Waals surface area contributed by atoms with Crippen LogP contribution in [0.2, 0.25) is 0 Å². The summed E-state index contributed by atoms with van der Waals surface area (Å²) in [5.41, 5.74) is 11.2. The standard InChI is InChI=1S/C25H25N5OS/c1-15(2)30-12-21(22-23(26)28-14-29-24(22)30)8-7-19-10-20(6-5-16(19)3)25(31)27-11-18-9-17(4)32-13-18/h5-6,9-10,12-15H,11H2,1-4H3,(H,27,31)(H2,26,28,29). The number of benzene rings is 1. The van der Waals surface area contributed by atoms with Gasteiger partial charge in [-0.25, -0.2) is 9.97 Å². The maximum absolute atomic E-state index is 12.7. The number of nitrogens with one attached hydrogen (secondary N) is 1. The Hall–Kier alpha value is -3.63. The lowest BCUT2D eigenvalue weighted by Gasteiger charge is -2.07. The fourth-order valence-corrected chi connectivity index (χ4v) is 4.21. The molecule has 0 aliphatic rings. The molecule has 3 heterocycles. The monoisotopic (exact) mass is 443 g/mol. The zero-order chi connectivity index (χ0) is 22.8. The van der Waals surface area contributed by atoms with Crippen molar-refractivity contribution in [3.63, 3.8) is 0 Å². The molecule has 0 aliphatic carbocycles. The van der Waals surface area contributed by atoms with Gasteiger partial charge in [-0.3, -0.25) is 4.79 Å². The van der Waals surface area contributed by atoms with Crippen LogP contribution in [-0.2, 0) is 6.54 Å². The van der Waals surface area contributed by atoms with Crippen LogP contribution in [0.15, 0.2) is 42.2 Å². The van der Waals surface area contributed by atoms with Crippen molar-refractivity contribution in [2.24, 2.45) is 0 Å². The molecule has 4 rings (SSSR count). The lowest BCUT2D eigenvalue weighted by Crippen LogP contribution is -2.22. The molecule has 0 fully saturated rings. The highest BCUT2D eigenvalue weighted by Crippen LogP contribution is 2.26. The van der Waals surface area contributed by atoms with E-state index in [4.69, 9.17) is 5.73 Å². The number of nitrogens with two attached hydrogens (primary N) is 1. The third-order valence-corrected chi connectivity index (χ3v) is 6.17. The Morgan fingerprint density at radius 3 is 2.69 bits per heavy atom. The molecule has 162 valence electrons. The average Bonchev–Trinajstić information content (AvgIpc) is 3.35. The van der Waals surface area contributed by atoms with Gasteiger partial charge in [0.05, 0.1) is 10.9 Å². The second-order valence-electron chi connectivity index (χ2n) is 8.03. The zero-order valence-corrected chi connectivity index (χ0v) is 19.4. The highest BCUT2D eigenvalue weighted by Gasteiger charge is 2.14. The largest absolute Gasteiger partial charge is 0.383 e. The highest BCUT2D eigenvalue weighted by atomic mass is 32.1. The van der Waals surface area contributed by atoms with Crippen LogP contribution in [-0.4, -0.2) is 20.4 Å². The van der Waals surface area contributed by atoms with E-state index >= 15 is 0 Å². The highest BCUT2D eigenvalue weighted by molar-refractivity contribution is 7.10. The van der Waals surface area contributed by atoms with E-state index in [-0.39, 0.29) is 11.9 Å². The first-order valence-corrected chi connectivity index (χ1v) is 11.3. The van der Waals surface area contributed by atoms with Gasteiger partial charge >= 0.3 is 0 Å². The van der Waals surface area contributed by atoms with Crippen LogP contribution in [0.3, 0.4) is 0 Å². The molecule has 0 saturated carbocycles. The molecule has 0 atom stereocenters. The Kier molecular flexibility index (Phi) is 5.97. The number of amides is 1. The minimum atomic E-state index is -0.119. The molecular weight excluding hydrogens is 418 g/mol. The fourth-order valence-electron chi connectivity index (χ4n) is 3.50. The summed E-state index contributed by atoms with van der Waals surface area (Å²) in [5, 5.41) is 5.80. The first-order valence-electron chi connectivity index (χ1n) is 10.4. The van der Waals surface area contributed by atoms with Crippen molar-refractivity contribution in [2.45, 2.75) is 40.3 Å². The van der Waals surface area contributed by atoms with Crippen LogP contribution in [0.5, 0.6) is 0 Å². The molecule has 4 aromatic rings. The summed E-state index contributed by atoms with van der Waals surface area (Å²) >= 11 is 1.68. The maximum Gasteiger partial charge on any atom is 0.251 e. The molecule has 0 unspecified atom stereocenters. The van der Waals surface area contributed by atoms with Crippen molar-refractivity contribution in [2.75, 3.05) is 5.73 Å². The van der Waals surface area contributed by atoms with Gasteiger partial charge in [0, 0.05) is 34.8 Å². The average molecular weight is 444 g/mol. The smallest absolute Gasteiger partial charge is 0.251 e. The van der Waals surface area contributed by atoms with Gasteiger partial charge < -0.3 is 15.6 Å². The number of nitrogen functional groups attached to an aromatic ring is 1. The summed E-state index contributed by atoms with van der Waals surface area (Å²) in [6.45, 7) is 8.71. The van der Waals surface area contributed by atoms with Crippen molar-refractivity contribution in [3.05, 3.63) is 74.9 Å². The van der Waals surface area contributed by atoms with Gasteiger partial charge in [0.15, 0.2) is 0 Å². The lowest BCUT2D eigenvalue weighted by molar-refractivity contribution is 0.0951. The number of nitrogens with zero attached hydrogens (tertiary/aromatic N) is 3. The molecule has 7 heteroatoms. The summed E-state index contributed by atoms with van der Waals surface area (Å²) in [7, 11) is 0. The minimum absolute atomic E-state index is 0.119. The van der Waals surface area contributed by atoms with E-state index in [1.54, 1.807) is 11.3 Å². The molecular formula is C25H25N5OS. The molecule has 6 nitrogen and oxygen atoms in total. The van der Waals surface area contributed by atoms with Gasteiger partial charge in [-0.15, -0.1) is 11.3 Å². The number of hydrogen-bond acceptors (Lipinski definition) is 5. The van der Waals surface area contributed by atoms with E-state index in [2.05, 4.69) is 59.3 Å². The van der Waals surface area contributed by atoms with Crippen LogP contribution in [0.1, 0.15) is 57.4 Å². The molecule has 0 radical (unpaired) electrons. The SMILES string of the molecule is Cc1cc(CNC(=O)c2ccc(C)c(C#Cc3cn(C(C)C)c4ncnc(N)c34)c2)cs1. The molecule has 0 saturated heterocycles. The third kappa shape index (κ3) is 4.36. The van der Waals surface area contributed by atoms with E-state index in [0.29, 0.717) is 17.9 Å². The van der Waals surface area contributed by atoms with Crippen LogP contribution < -0.4 is 11.1 Å². The Morgan fingerprint density at radius 1 is 1.19 bits per heavy atom. The summed E-state index contributed by atoms with van der Waals surface area (Å²) in [5.74, 6) is 6.74. The predicted octanol–water partition coefficient (Wildman–Crippen LogP) is 4.60. The van der Waals surface area contributed by atoms with Gasteiger partial charge in [0.25, 0.3) is 5.91 Å². The summed E-state index contributed by atoms with van der Waals surface area (Å²) in [6.07, 6.45) is 3.43. The summed E-state index contributed by atoms with van der Waals surface area (Å²) in [4.78, 5) is 22.4. The normalized spacial score (nSPS) is 10.9. The molecule has 0 bridgehead atoms. The van der Waals surface area contributed by atoms with Crippen molar-refractivity contribution < 1.29 is 4.79 Å². The lowest BCUT2D eigenvalue weighted by atomic mass is 10.0. The van der Waals surface area contributed by atoms with Gasteiger partial charge in [-0.05, 0) is 62.4 Å². The van der Waals surface area contributed by atoms with Crippen LogP contribution in [0.25, 0.3) is 11.0 Å². The van der Waals surface area contributed by atoms with E-state index in [1.165, 1.54) is 11.2 Å². The van der Waals surface area contributed by atoms with Crippen molar-refractivity contribution in [3.8, 4) is 11.8 Å². The number of carbonyl (C=O) groups is 1.